The standard InChI is InChI=1S/C16H17F3N2O3/c1-9-5-4-6-10(13(9)22)14(23)21-15(24,16(17,18)19)11-7-2-3-8-12(11)20-21/h4-6,11,22,24H,2-3,7-8H2,1H3. The van der Waals surface area contributed by atoms with Crippen LogP contribution in [0, 0.1) is 12.8 Å². The Bertz CT molecular complexity index is 717. The fourth-order valence-electron chi connectivity index (χ4n) is 3.36. The maximum absolute atomic E-state index is 13.6. The molecule has 5 nitrogen and oxygen atoms in total. The fraction of sp³-hybridized carbons (Fsp3) is 0.500. The summed E-state index contributed by atoms with van der Waals surface area (Å²) >= 11 is 0. The number of amides is 1. The summed E-state index contributed by atoms with van der Waals surface area (Å²) in [7, 11) is 0. The van der Waals surface area contributed by atoms with Crippen LogP contribution < -0.4 is 0 Å². The van der Waals surface area contributed by atoms with Gasteiger partial charge >= 0.3 is 6.18 Å². The number of hydrogen-bond donors (Lipinski definition) is 2. The van der Waals surface area contributed by atoms with Crippen molar-refractivity contribution in [1.29, 1.82) is 0 Å². The van der Waals surface area contributed by atoms with Gasteiger partial charge in [-0.3, -0.25) is 4.79 Å². The second-order valence-corrected chi connectivity index (χ2v) is 6.20. The minimum Gasteiger partial charge on any atom is -0.507 e. The van der Waals surface area contributed by atoms with E-state index in [1.165, 1.54) is 25.1 Å². The van der Waals surface area contributed by atoms with Crippen LogP contribution >= 0.6 is 0 Å². The molecule has 3 rings (SSSR count). The number of aryl methyl sites for hydroxylation is 1. The minimum absolute atomic E-state index is 0.104. The Labute approximate surface area is 136 Å². The van der Waals surface area contributed by atoms with Gasteiger partial charge in [-0.2, -0.15) is 23.3 Å². The zero-order valence-electron chi connectivity index (χ0n) is 13.0. The first-order valence-corrected chi connectivity index (χ1v) is 7.67. The molecule has 2 unspecified atom stereocenters. The maximum atomic E-state index is 13.6. The molecule has 0 spiro atoms. The number of carbonyl (C=O) groups excluding carboxylic acids is 1. The third kappa shape index (κ3) is 2.28. The lowest BCUT2D eigenvalue weighted by atomic mass is 9.80. The summed E-state index contributed by atoms with van der Waals surface area (Å²) in [5, 5.41) is 24.4. The Hall–Kier alpha value is -2.09. The molecule has 1 heterocycles. The first-order chi connectivity index (χ1) is 11.2. The van der Waals surface area contributed by atoms with Gasteiger partial charge in [0, 0.05) is 5.71 Å². The van der Waals surface area contributed by atoms with Crippen LogP contribution in [0.15, 0.2) is 23.3 Å². The lowest BCUT2D eigenvalue weighted by Crippen LogP contribution is -2.61. The topological polar surface area (TPSA) is 73.1 Å². The van der Waals surface area contributed by atoms with Crippen molar-refractivity contribution < 1.29 is 28.2 Å². The normalized spacial score (nSPS) is 27.0. The van der Waals surface area contributed by atoms with Crippen molar-refractivity contribution >= 4 is 11.6 Å². The van der Waals surface area contributed by atoms with Crippen LogP contribution in [0.5, 0.6) is 5.75 Å². The lowest BCUT2D eigenvalue weighted by Gasteiger charge is -2.38. The molecule has 2 N–H and O–H groups in total. The van der Waals surface area contributed by atoms with Crippen molar-refractivity contribution in [3.05, 3.63) is 29.3 Å². The van der Waals surface area contributed by atoms with E-state index in [0.717, 1.165) is 0 Å². The van der Waals surface area contributed by atoms with Gasteiger partial charge in [-0.1, -0.05) is 18.6 Å². The van der Waals surface area contributed by atoms with E-state index < -0.39 is 29.5 Å². The lowest BCUT2D eigenvalue weighted by molar-refractivity contribution is -0.312. The summed E-state index contributed by atoms with van der Waals surface area (Å²) in [5.41, 5.74) is -3.17. The predicted octanol–water partition coefficient (Wildman–Crippen LogP) is 2.95. The summed E-state index contributed by atoms with van der Waals surface area (Å²) in [5.74, 6) is -2.85. The number of benzene rings is 1. The second kappa shape index (κ2) is 5.47. The zero-order valence-corrected chi connectivity index (χ0v) is 13.0. The van der Waals surface area contributed by atoms with E-state index in [-0.39, 0.29) is 22.7 Å². The number of hydrazone groups is 1. The number of phenols is 1. The molecule has 1 saturated carbocycles. The van der Waals surface area contributed by atoms with Gasteiger partial charge in [0.2, 0.25) is 0 Å². The molecular weight excluding hydrogens is 325 g/mol. The average Bonchev–Trinajstić information content (AvgIpc) is 2.84. The van der Waals surface area contributed by atoms with Crippen molar-refractivity contribution in [3.8, 4) is 5.75 Å². The number of aromatic hydroxyl groups is 1. The van der Waals surface area contributed by atoms with E-state index in [0.29, 0.717) is 24.8 Å². The van der Waals surface area contributed by atoms with E-state index in [1.54, 1.807) is 0 Å². The van der Waals surface area contributed by atoms with E-state index in [4.69, 9.17) is 0 Å². The quantitative estimate of drug-likeness (QED) is 0.824. The van der Waals surface area contributed by atoms with Crippen molar-refractivity contribution in [1.82, 2.24) is 5.01 Å². The number of phenolic OH excluding ortho intramolecular Hbond substituents is 1. The van der Waals surface area contributed by atoms with Gasteiger partial charge < -0.3 is 10.2 Å². The van der Waals surface area contributed by atoms with Gasteiger partial charge in [0.05, 0.1) is 11.5 Å². The summed E-state index contributed by atoms with van der Waals surface area (Å²) < 4.78 is 40.9. The van der Waals surface area contributed by atoms with Crippen molar-refractivity contribution in [2.45, 2.75) is 44.5 Å². The maximum Gasteiger partial charge on any atom is 0.439 e. The van der Waals surface area contributed by atoms with Crippen LogP contribution in [0.4, 0.5) is 13.2 Å². The molecule has 1 aliphatic carbocycles. The molecule has 1 aromatic carbocycles. The van der Waals surface area contributed by atoms with Gasteiger partial charge in [0.15, 0.2) is 0 Å². The molecule has 130 valence electrons. The molecule has 0 bridgehead atoms. The number of halogens is 3. The molecule has 1 amide bonds. The number of carbonyl (C=O) groups is 1. The van der Waals surface area contributed by atoms with E-state index in [2.05, 4.69) is 5.10 Å². The van der Waals surface area contributed by atoms with E-state index in [1.807, 2.05) is 0 Å². The van der Waals surface area contributed by atoms with Crippen LogP contribution in [-0.4, -0.2) is 38.7 Å². The zero-order chi connectivity index (χ0) is 17.7. The fourth-order valence-corrected chi connectivity index (χ4v) is 3.36. The van der Waals surface area contributed by atoms with Gasteiger partial charge in [-0.25, -0.2) is 0 Å². The van der Waals surface area contributed by atoms with Crippen LogP contribution in [0.2, 0.25) is 0 Å². The molecule has 2 atom stereocenters. The van der Waals surface area contributed by atoms with Gasteiger partial charge in [0.25, 0.3) is 11.6 Å². The van der Waals surface area contributed by atoms with Crippen LogP contribution in [0.25, 0.3) is 0 Å². The Morgan fingerprint density at radius 3 is 2.75 bits per heavy atom. The number of hydrogen-bond acceptors (Lipinski definition) is 4. The number of alkyl halides is 3. The average molecular weight is 342 g/mol. The molecule has 1 aromatic rings. The summed E-state index contributed by atoms with van der Waals surface area (Å²) in [6.07, 6.45) is -3.44. The second-order valence-electron chi connectivity index (χ2n) is 6.20. The molecule has 2 aliphatic rings. The first-order valence-electron chi connectivity index (χ1n) is 7.67. The number of para-hydroxylation sites is 1. The van der Waals surface area contributed by atoms with Crippen LogP contribution in [0.3, 0.4) is 0 Å². The van der Waals surface area contributed by atoms with Gasteiger partial charge in [-0.15, -0.1) is 0 Å². The van der Waals surface area contributed by atoms with Crippen molar-refractivity contribution in [3.63, 3.8) is 0 Å². The molecule has 0 saturated heterocycles. The van der Waals surface area contributed by atoms with Crippen LogP contribution in [0.1, 0.15) is 41.6 Å². The molecule has 8 heteroatoms. The minimum atomic E-state index is -5.06. The molecule has 0 radical (unpaired) electrons. The van der Waals surface area contributed by atoms with Gasteiger partial charge in [-0.05, 0) is 37.8 Å². The molecule has 1 aliphatic heterocycles. The third-order valence-electron chi connectivity index (χ3n) is 4.69. The highest BCUT2D eigenvalue weighted by Gasteiger charge is 2.68. The number of aliphatic hydroxyl groups is 1. The Morgan fingerprint density at radius 2 is 2.08 bits per heavy atom. The number of fused-ring (bicyclic) bond motifs is 1. The van der Waals surface area contributed by atoms with E-state index in [9.17, 15) is 28.2 Å². The molecule has 1 fully saturated rings. The predicted molar refractivity (Wildman–Crippen MR) is 79.4 cm³/mol. The SMILES string of the molecule is Cc1cccc(C(=O)N2N=C3CCCCC3C2(O)C(F)(F)F)c1O. The molecular formula is C16H17F3N2O3. The number of nitrogens with zero attached hydrogens (tertiary/aromatic N) is 2. The monoisotopic (exact) mass is 342 g/mol. The Morgan fingerprint density at radius 1 is 1.38 bits per heavy atom. The largest absolute Gasteiger partial charge is 0.507 e. The summed E-state index contributed by atoms with van der Waals surface area (Å²) in [4.78, 5) is 12.6. The highest BCUT2D eigenvalue weighted by molar-refractivity contribution is 6.01. The van der Waals surface area contributed by atoms with E-state index >= 15 is 0 Å². The Balaban J connectivity index is 2.09. The van der Waals surface area contributed by atoms with Crippen molar-refractivity contribution in [2.75, 3.05) is 0 Å². The Kier molecular flexibility index (Phi) is 3.82. The highest BCUT2D eigenvalue weighted by atomic mass is 19.4. The third-order valence-corrected chi connectivity index (χ3v) is 4.69. The molecule has 0 aromatic heterocycles. The summed E-state index contributed by atoms with van der Waals surface area (Å²) in [6, 6.07) is 4.19. The molecule has 24 heavy (non-hydrogen) atoms. The smallest absolute Gasteiger partial charge is 0.439 e. The summed E-state index contributed by atoms with van der Waals surface area (Å²) in [6.45, 7) is 1.53. The van der Waals surface area contributed by atoms with Crippen LogP contribution in [-0.2, 0) is 0 Å². The first kappa shape index (κ1) is 16.8. The van der Waals surface area contributed by atoms with Crippen molar-refractivity contribution in [2.24, 2.45) is 11.0 Å². The number of rotatable bonds is 1. The highest BCUT2D eigenvalue weighted by Crippen LogP contribution is 2.48. The van der Waals surface area contributed by atoms with Gasteiger partial charge in [0.1, 0.15) is 5.75 Å².